The van der Waals surface area contributed by atoms with Crippen molar-refractivity contribution >= 4 is 5.97 Å². The zero-order valence-corrected chi connectivity index (χ0v) is 10.2. The van der Waals surface area contributed by atoms with Gasteiger partial charge in [0.1, 0.15) is 0 Å². The van der Waals surface area contributed by atoms with E-state index in [9.17, 15) is 0 Å². The number of hydrogen-bond acceptors (Lipinski definition) is 3. The highest BCUT2D eigenvalue weighted by atomic mass is 16.4. The predicted molar refractivity (Wildman–Crippen MR) is 64.3 cm³/mol. The zero-order valence-electron chi connectivity index (χ0n) is 10.2. The molecule has 1 saturated carbocycles. The van der Waals surface area contributed by atoms with Crippen LogP contribution in [0, 0.1) is 11.8 Å². The fourth-order valence-electron chi connectivity index (χ4n) is 2.77. The van der Waals surface area contributed by atoms with Crippen molar-refractivity contribution in [3.63, 3.8) is 0 Å². The maximum Gasteiger partial charge on any atom is 0.300 e. The van der Waals surface area contributed by atoms with Crippen LogP contribution in [0.15, 0.2) is 0 Å². The third kappa shape index (κ3) is 4.94. The monoisotopic (exact) mass is 228 g/mol. The van der Waals surface area contributed by atoms with Gasteiger partial charge in [-0.25, -0.2) is 0 Å². The molecule has 0 atom stereocenters. The van der Waals surface area contributed by atoms with Crippen molar-refractivity contribution in [2.75, 3.05) is 26.2 Å². The second kappa shape index (κ2) is 6.86. The van der Waals surface area contributed by atoms with Crippen molar-refractivity contribution in [3.8, 4) is 0 Å². The highest BCUT2D eigenvalue weighted by Crippen LogP contribution is 2.33. The molecule has 0 spiro atoms. The summed E-state index contributed by atoms with van der Waals surface area (Å²) in [6.07, 6.45) is 5.91. The lowest BCUT2D eigenvalue weighted by molar-refractivity contribution is -0.134. The van der Waals surface area contributed by atoms with E-state index in [1.807, 2.05) is 0 Å². The van der Waals surface area contributed by atoms with Crippen LogP contribution in [0.5, 0.6) is 0 Å². The smallest absolute Gasteiger partial charge is 0.300 e. The number of nitrogens with two attached hydrogens (primary N) is 1. The van der Waals surface area contributed by atoms with Crippen LogP contribution >= 0.6 is 0 Å². The van der Waals surface area contributed by atoms with Gasteiger partial charge in [-0.05, 0) is 37.5 Å². The van der Waals surface area contributed by atoms with Gasteiger partial charge in [-0.15, -0.1) is 0 Å². The van der Waals surface area contributed by atoms with Gasteiger partial charge in [0.05, 0.1) is 0 Å². The summed E-state index contributed by atoms with van der Waals surface area (Å²) in [5, 5.41) is 7.42. The van der Waals surface area contributed by atoms with E-state index in [-0.39, 0.29) is 0 Å². The molecular weight excluding hydrogens is 204 g/mol. The average molecular weight is 228 g/mol. The highest BCUT2D eigenvalue weighted by molar-refractivity contribution is 5.62. The van der Waals surface area contributed by atoms with Crippen molar-refractivity contribution in [2.45, 2.75) is 32.6 Å². The minimum atomic E-state index is -0.833. The third-order valence-corrected chi connectivity index (χ3v) is 3.44. The Bertz CT molecular complexity index is 195. The quantitative estimate of drug-likeness (QED) is 0.744. The molecule has 2 bridgehead atoms. The van der Waals surface area contributed by atoms with E-state index in [0.29, 0.717) is 0 Å². The molecule has 3 N–H and O–H groups in total. The molecule has 0 aromatic heterocycles. The first-order valence-electron chi connectivity index (χ1n) is 6.23. The van der Waals surface area contributed by atoms with E-state index in [1.165, 1.54) is 38.8 Å². The van der Waals surface area contributed by atoms with Gasteiger partial charge in [-0.1, -0.05) is 0 Å². The molecule has 4 nitrogen and oxygen atoms in total. The Morgan fingerprint density at radius 3 is 1.94 bits per heavy atom. The van der Waals surface area contributed by atoms with E-state index >= 15 is 0 Å². The molecule has 3 fully saturated rings. The van der Waals surface area contributed by atoms with Gasteiger partial charge in [-0.2, -0.15) is 0 Å². The fraction of sp³-hybridized carbons (Fsp3) is 0.917. The van der Waals surface area contributed by atoms with Gasteiger partial charge in [0.2, 0.25) is 0 Å². The molecule has 0 radical (unpaired) electrons. The Kier molecular flexibility index (Phi) is 5.77. The summed E-state index contributed by atoms with van der Waals surface area (Å²) in [7, 11) is 0. The van der Waals surface area contributed by atoms with Crippen LogP contribution in [-0.4, -0.2) is 42.2 Å². The summed E-state index contributed by atoms with van der Waals surface area (Å²) in [4.78, 5) is 11.6. The maximum absolute atomic E-state index is 9.00. The second-order valence-corrected chi connectivity index (χ2v) is 4.95. The van der Waals surface area contributed by atoms with Crippen molar-refractivity contribution in [1.82, 2.24) is 4.90 Å². The summed E-state index contributed by atoms with van der Waals surface area (Å²) < 4.78 is 0. The fourth-order valence-corrected chi connectivity index (χ4v) is 2.77. The minimum absolute atomic E-state index is 0.833. The number of carboxylic acids is 1. The second-order valence-electron chi connectivity index (χ2n) is 4.95. The zero-order chi connectivity index (χ0) is 12.0. The number of nitrogens with zero attached hydrogens (tertiary/aromatic N) is 1. The van der Waals surface area contributed by atoms with Gasteiger partial charge < -0.3 is 15.7 Å². The minimum Gasteiger partial charge on any atom is -0.481 e. The normalized spacial score (nSPS) is 29.1. The summed E-state index contributed by atoms with van der Waals surface area (Å²) >= 11 is 0. The van der Waals surface area contributed by atoms with E-state index < -0.39 is 5.97 Å². The van der Waals surface area contributed by atoms with Crippen LogP contribution in [-0.2, 0) is 4.79 Å². The standard InChI is InChI=1S/C10H20N2.C2H4O2/c11-5-6-12-7-9-1-2-10(8-12)4-3-9;1-2(3)4/h9-10H,1-8,11H2;1H3,(H,3,4). The molecule has 16 heavy (non-hydrogen) atoms. The lowest BCUT2D eigenvalue weighted by Gasteiger charge is -2.21. The Balaban J connectivity index is 0.000000280. The van der Waals surface area contributed by atoms with Crippen molar-refractivity contribution in [2.24, 2.45) is 17.6 Å². The van der Waals surface area contributed by atoms with Crippen molar-refractivity contribution in [3.05, 3.63) is 0 Å². The number of aliphatic carboxylic acids is 1. The first kappa shape index (κ1) is 13.5. The lowest BCUT2D eigenvalue weighted by Crippen LogP contribution is -2.33. The Hall–Kier alpha value is -0.610. The molecule has 3 rings (SSSR count). The summed E-state index contributed by atoms with van der Waals surface area (Å²) in [5.74, 6) is 1.16. The molecule has 0 aromatic carbocycles. The van der Waals surface area contributed by atoms with E-state index in [2.05, 4.69) is 4.90 Å². The maximum atomic E-state index is 9.00. The summed E-state index contributed by atoms with van der Waals surface area (Å²) in [6.45, 7) is 5.69. The largest absolute Gasteiger partial charge is 0.481 e. The Morgan fingerprint density at radius 1 is 1.25 bits per heavy atom. The first-order valence-corrected chi connectivity index (χ1v) is 6.23. The summed E-state index contributed by atoms with van der Waals surface area (Å²) in [5.41, 5.74) is 5.58. The molecule has 1 aliphatic carbocycles. The van der Waals surface area contributed by atoms with Crippen LogP contribution in [0.3, 0.4) is 0 Å². The SMILES string of the molecule is CC(=O)O.NCCN1CC2CCC(CC2)C1. The first-order chi connectivity index (χ1) is 7.61. The Labute approximate surface area is 97.8 Å². The molecule has 4 heteroatoms. The number of rotatable bonds is 2. The van der Waals surface area contributed by atoms with Crippen LogP contribution in [0.1, 0.15) is 32.6 Å². The van der Waals surface area contributed by atoms with Gasteiger partial charge in [0, 0.05) is 33.1 Å². The van der Waals surface area contributed by atoms with Gasteiger partial charge in [-0.3, -0.25) is 4.79 Å². The highest BCUT2D eigenvalue weighted by Gasteiger charge is 2.28. The van der Waals surface area contributed by atoms with Gasteiger partial charge >= 0.3 is 0 Å². The molecular formula is C12H24N2O2. The predicted octanol–water partition coefficient (Wildman–Crippen LogP) is 1.16. The Morgan fingerprint density at radius 2 is 1.62 bits per heavy atom. The molecule has 0 amide bonds. The molecule has 0 aromatic rings. The van der Waals surface area contributed by atoms with Crippen molar-refractivity contribution in [1.29, 1.82) is 0 Å². The molecule has 94 valence electrons. The average Bonchev–Trinajstić information content (AvgIpc) is 2.49. The molecule has 2 saturated heterocycles. The molecule has 2 heterocycles. The molecule has 3 aliphatic rings. The van der Waals surface area contributed by atoms with E-state index in [4.69, 9.17) is 15.6 Å². The topological polar surface area (TPSA) is 66.6 Å². The van der Waals surface area contributed by atoms with E-state index in [0.717, 1.165) is 31.8 Å². The van der Waals surface area contributed by atoms with Crippen LogP contribution in [0.4, 0.5) is 0 Å². The molecule has 0 unspecified atom stereocenters. The van der Waals surface area contributed by atoms with Crippen LogP contribution in [0.25, 0.3) is 0 Å². The van der Waals surface area contributed by atoms with Gasteiger partial charge in [0.15, 0.2) is 0 Å². The number of hydrogen-bond donors (Lipinski definition) is 2. The van der Waals surface area contributed by atoms with Gasteiger partial charge in [0.25, 0.3) is 5.97 Å². The molecule has 2 aliphatic heterocycles. The van der Waals surface area contributed by atoms with E-state index in [1.54, 1.807) is 0 Å². The third-order valence-electron chi connectivity index (χ3n) is 3.44. The summed E-state index contributed by atoms with van der Waals surface area (Å²) in [6, 6.07) is 0. The number of fused-ring (bicyclic) bond motifs is 4. The van der Waals surface area contributed by atoms with Crippen LogP contribution in [0.2, 0.25) is 0 Å². The van der Waals surface area contributed by atoms with Crippen LogP contribution < -0.4 is 5.73 Å². The van der Waals surface area contributed by atoms with Crippen molar-refractivity contribution < 1.29 is 9.90 Å². The lowest BCUT2D eigenvalue weighted by atomic mass is 9.84. The number of carboxylic acid groups (broad SMARTS) is 1. The number of carbonyl (C=O) groups is 1.